The van der Waals surface area contributed by atoms with Crippen LogP contribution in [0.2, 0.25) is 0 Å². The second kappa shape index (κ2) is 4.23. The van der Waals surface area contributed by atoms with Crippen LogP contribution < -0.4 is 5.84 Å². The van der Waals surface area contributed by atoms with Gasteiger partial charge in [-0.1, -0.05) is 24.3 Å². The van der Waals surface area contributed by atoms with Crippen LogP contribution in [0.3, 0.4) is 0 Å². The average molecular weight is 217 g/mol. The summed E-state index contributed by atoms with van der Waals surface area (Å²) < 4.78 is 0. The molecule has 4 heteroatoms. The van der Waals surface area contributed by atoms with Crippen molar-refractivity contribution < 1.29 is 0 Å². The Morgan fingerprint density at radius 1 is 1.33 bits per heavy atom. The summed E-state index contributed by atoms with van der Waals surface area (Å²) in [5, 5.41) is 4.56. The van der Waals surface area contributed by atoms with Crippen molar-refractivity contribution in [3.63, 3.8) is 0 Å². The van der Waals surface area contributed by atoms with Gasteiger partial charge in [0.05, 0.1) is 16.1 Å². The first-order valence-corrected chi connectivity index (χ1v) is 5.37. The molecule has 2 aromatic rings. The van der Waals surface area contributed by atoms with Gasteiger partial charge in [0.2, 0.25) is 0 Å². The van der Waals surface area contributed by atoms with Gasteiger partial charge in [-0.3, -0.25) is 0 Å². The number of thiazole rings is 1. The fraction of sp³-hybridized carbons (Fsp3) is 0.0909. The number of hydrazone groups is 1. The minimum atomic E-state index is 1.00. The Morgan fingerprint density at radius 3 is 2.60 bits per heavy atom. The standard InChI is InChI=1S/C11H11N3S/c1-8-13-7-11(15-8)10-4-2-9(3-5-10)6-14-12/h2-7H,12H2,1H3. The van der Waals surface area contributed by atoms with E-state index in [-0.39, 0.29) is 0 Å². The number of aromatic nitrogens is 1. The van der Waals surface area contributed by atoms with E-state index in [0.717, 1.165) is 10.6 Å². The third kappa shape index (κ3) is 2.22. The normalized spacial score (nSPS) is 11.0. The Labute approximate surface area is 92.3 Å². The maximum Gasteiger partial charge on any atom is 0.0900 e. The van der Waals surface area contributed by atoms with Crippen molar-refractivity contribution in [1.29, 1.82) is 0 Å². The molecule has 0 fully saturated rings. The van der Waals surface area contributed by atoms with Crippen LogP contribution in [0, 0.1) is 6.92 Å². The Kier molecular flexibility index (Phi) is 2.78. The molecule has 0 radical (unpaired) electrons. The summed E-state index contributed by atoms with van der Waals surface area (Å²) in [6.45, 7) is 2.00. The predicted octanol–water partition coefficient (Wildman–Crippen LogP) is 2.41. The molecule has 3 nitrogen and oxygen atoms in total. The van der Waals surface area contributed by atoms with Crippen molar-refractivity contribution in [2.75, 3.05) is 0 Å². The van der Waals surface area contributed by atoms with Gasteiger partial charge in [0, 0.05) is 6.20 Å². The highest BCUT2D eigenvalue weighted by atomic mass is 32.1. The SMILES string of the molecule is Cc1ncc(-c2ccc(C=NN)cc2)s1. The summed E-state index contributed by atoms with van der Waals surface area (Å²) in [5.74, 6) is 5.07. The van der Waals surface area contributed by atoms with Gasteiger partial charge in [-0.25, -0.2) is 4.98 Å². The molecule has 0 aliphatic rings. The van der Waals surface area contributed by atoms with Crippen LogP contribution in [0.5, 0.6) is 0 Å². The minimum Gasteiger partial charge on any atom is -0.323 e. The molecule has 0 unspecified atom stereocenters. The maximum absolute atomic E-state index is 5.07. The fourth-order valence-electron chi connectivity index (χ4n) is 1.31. The first kappa shape index (κ1) is 9.86. The topological polar surface area (TPSA) is 51.3 Å². The molecule has 76 valence electrons. The lowest BCUT2D eigenvalue weighted by atomic mass is 10.1. The Bertz CT molecular complexity index is 471. The van der Waals surface area contributed by atoms with Gasteiger partial charge >= 0.3 is 0 Å². The van der Waals surface area contributed by atoms with Gasteiger partial charge in [0.15, 0.2) is 0 Å². The van der Waals surface area contributed by atoms with Crippen LogP contribution in [-0.4, -0.2) is 11.2 Å². The number of benzene rings is 1. The van der Waals surface area contributed by atoms with E-state index < -0.39 is 0 Å². The minimum absolute atomic E-state index is 1.00. The molecule has 0 aliphatic heterocycles. The first-order chi connectivity index (χ1) is 7.29. The molecule has 0 saturated heterocycles. The van der Waals surface area contributed by atoms with Crippen LogP contribution in [-0.2, 0) is 0 Å². The molecule has 1 aromatic carbocycles. The first-order valence-electron chi connectivity index (χ1n) is 4.56. The fourth-order valence-corrected chi connectivity index (χ4v) is 2.10. The molecule has 1 heterocycles. The molecule has 0 saturated carbocycles. The van der Waals surface area contributed by atoms with E-state index in [9.17, 15) is 0 Å². The lowest BCUT2D eigenvalue weighted by Gasteiger charge is -1.96. The van der Waals surface area contributed by atoms with Gasteiger partial charge in [-0.05, 0) is 18.1 Å². The third-order valence-electron chi connectivity index (χ3n) is 2.04. The maximum atomic E-state index is 5.07. The van der Waals surface area contributed by atoms with Crippen molar-refractivity contribution in [3.8, 4) is 10.4 Å². The van der Waals surface area contributed by atoms with E-state index in [0.29, 0.717) is 0 Å². The van der Waals surface area contributed by atoms with Gasteiger partial charge in [0.25, 0.3) is 0 Å². The molecule has 0 atom stereocenters. The average Bonchev–Trinajstić information content (AvgIpc) is 2.67. The van der Waals surface area contributed by atoms with E-state index in [2.05, 4.69) is 10.1 Å². The Balaban J connectivity index is 2.31. The second-order valence-electron chi connectivity index (χ2n) is 3.14. The van der Waals surface area contributed by atoms with E-state index in [1.807, 2.05) is 37.4 Å². The van der Waals surface area contributed by atoms with Crippen LogP contribution in [0.15, 0.2) is 35.6 Å². The summed E-state index contributed by atoms with van der Waals surface area (Å²) in [4.78, 5) is 5.41. The van der Waals surface area contributed by atoms with Crippen LogP contribution >= 0.6 is 11.3 Å². The number of rotatable bonds is 2. The summed E-state index contributed by atoms with van der Waals surface area (Å²) in [6.07, 6.45) is 3.52. The highest BCUT2D eigenvalue weighted by Crippen LogP contribution is 2.25. The zero-order valence-corrected chi connectivity index (χ0v) is 9.16. The lowest BCUT2D eigenvalue weighted by molar-refractivity contribution is 1.26. The van der Waals surface area contributed by atoms with E-state index in [1.54, 1.807) is 17.6 Å². The molecular weight excluding hydrogens is 206 g/mol. The van der Waals surface area contributed by atoms with Gasteiger partial charge < -0.3 is 5.84 Å². The number of hydrogen-bond acceptors (Lipinski definition) is 4. The largest absolute Gasteiger partial charge is 0.323 e. The van der Waals surface area contributed by atoms with Crippen molar-refractivity contribution in [1.82, 2.24) is 4.98 Å². The quantitative estimate of drug-likeness (QED) is 0.477. The van der Waals surface area contributed by atoms with Gasteiger partial charge in [-0.2, -0.15) is 5.10 Å². The number of hydrogen-bond donors (Lipinski definition) is 1. The number of aryl methyl sites for hydroxylation is 1. The summed E-state index contributed by atoms with van der Waals surface area (Å²) in [5.41, 5.74) is 2.18. The smallest absolute Gasteiger partial charge is 0.0900 e. The summed E-state index contributed by atoms with van der Waals surface area (Å²) >= 11 is 1.69. The summed E-state index contributed by atoms with van der Waals surface area (Å²) in [7, 11) is 0. The summed E-state index contributed by atoms with van der Waals surface area (Å²) in [6, 6.07) is 8.06. The molecule has 1 aromatic heterocycles. The predicted molar refractivity (Wildman–Crippen MR) is 64.1 cm³/mol. The number of nitrogens with zero attached hydrogens (tertiary/aromatic N) is 2. The Morgan fingerprint density at radius 2 is 2.07 bits per heavy atom. The highest BCUT2D eigenvalue weighted by Gasteiger charge is 2.00. The molecule has 15 heavy (non-hydrogen) atoms. The third-order valence-corrected chi connectivity index (χ3v) is 3.00. The van der Waals surface area contributed by atoms with Gasteiger partial charge in [-0.15, -0.1) is 11.3 Å². The van der Waals surface area contributed by atoms with Crippen LogP contribution in [0.4, 0.5) is 0 Å². The molecule has 2 rings (SSSR count). The van der Waals surface area contributed by atoms with E-state index in [1.165, 1.54) is 10.4 Å². The second-order valence-corrected chi connectivity index (χ2v) is 4.38. The molecule has 0 bridgehead atoms. The molecule has 0 spiro atoms. The monoisotopic (exact) mass is 217 g/mol. The van der Waals surface area contributed by atoms with Crippen molar-refractivity contribution in [2.45, 2.75) is 6.92 Å². The number of nitrogens with two attached hydrogens (primary N) is 1. The van der Waals surface area contributed by atoms with E-state index >= 15 is 0 Å². The van der Waals surface area contributed by atoms with Crippen molar-refractivity contribution in [2.24, 2.45) is 10.9 Å². The molecular formula is C11H11N3S. The molecule has 2 N–H and O–H groups in total. The van der Waals surface area contributed by atoms with Crippen molar-refractivity contribution >= 4 is 17.6 Å². The molecule has 0 amide bonds. The van der Waals surface area contributed by atoms with Gasteiger partial charge in [0.1, 0.15) is 0 Å². The lowest BCUT2D eigenvalue weighted by Crippen LogP contribution is -1.85. The van der Waals surface area contributed by atoms with Crippen LogP contribution in [0.25, 0.3) is 10.4 Å². The Hall–Kier alpha value is -1.68. The van der Waals surface area contributed by atoms with Crippen molar-refractivity contribution in [3.05, 3.63) is 41.0 Å². The zero-order chi connectivity index (χ0) is 10.7. The van der Waals surface area contributed by atoms with E-state index in [4.69, 9.17) is 5.84 Å². The van der Waals surface area contributed by atoms with Crippen LogP contribution in [0.1, 0.15) is 10.6 Å². The molecule has 0 aliphatic carbocycles. The highest BCUT2D eigenvalue weighted by molar-refractivity contribution is 7.15. The zero-order valence-electron chi connectivity index (χ0n) is 8.34.